The van der Waals surface area contributed by atoms with Gasteiger partial charge >= 0.3 is 0 Å². The average Bonchev–Trinajstić information content (AvgIpc) is 2.86. The Kier molecular flexibility index (Phi) is 4.32. The molecule has 0 N–H and O–H groups in total. The van der Waals surface area contributed by atoms with Crippen LogP contribution < -0.4 is 0 Å². The van der Waals surface area contributed by atoms with Crippen molar-refractivity contribution < 1.29 is 4.79 Å². The topological polar surface area (TPSA) is 34.9 Å². The molecule has 1 aromatic heterocycles. The van der Waals surface area contributed by atoms with E-state index in [0.29, 0.717) is 5.56 Å². The third-order valence-corrected chi connectivity index (χ3v) is 3.18. The number of rotatable bonds is 4. The van der Waals surface area contributed by atoms with Crippen molar-refractivity contribution in [3.05, 3.63) is 58.3 Å². The van der Waals surface area contributed by atoms with Gasteiger partial charge in [0.05, 0.1) is 11.8 Å². The summed E-state index contributed by atoms with van der Waals surface area (Å²) in [6.07, 6.45) is 6.76. The number of halogens is 1. The van der Waals surface area contributed by atoms with Gasteiger partial charge in [-0.25, -0.2) is 0 Å². The Morgan fingerprint density at radius 2 is 2.21 bits per heavy atom. The predicted molar refractivity (Wildman–Crippen MR) is 80.1 cm³/mol. The van der Waals surface area contributed by atoms with E-state index in [1.807, 2.05) is 38.1 Å². The van der Waals surface area contributed by atoms with Crippen LogP contribution in [0.3, 0.4) is 0 Å². The molecule has 2 rings (SSSR count). The third kappa shape index (κ3) is 3.64. The highest BCUT2D eigenvalue weighted by Gasteiger charge is 2.06. The second kappa shape index (κ2) is 5.97. The maximum Gasteiger partial charge on any atom is 0.189 e. The molecule has 4 heteroatoms. The van der Waals surface area contributed by atoms with Crippen LogP contribution in [0.5, 0.6) is 0 Å². The largest absolute Gasteiger partial charge is 0.289 e. The molecule has 98 valence electrons. The summed E-state index contributed by atoms with van der Waals surface area (Å²) in [6, 6.07) is 8.06. The normalized spacial score (nSPS) is 11.4. The van der Waals surface area contributed by atoms with Crippen molar-refractivity contribution in [1.82, 2.24) is 9.78 Å². The zero-order valence-corrected chi connectivity index (χ0v) is 12.5. The number of aromatic nitrogens is 2. The molecule has 19 heavy (non-hydrogen) atoms. The van der Waals surface area contributed by atoms with E-state index in [2.05, 4.69) is 21.0 Å². The van der Waals surface area contributed by atoms with E-state index in [1.165, 1.54) is 0 Å². The number of ketones is 1. The molecule has 0 unspecified atom stereocenters. The summed E-state index contributed by atoms with van der Waals surface area (Å²) in [5.74, 6) is -0.0353. The lowest BCUT2D eigenvalue weighted by Crippen LogP contribution is -2.00. The van der Waals surface area contributed by atoms with Gasteiger partial charge in [0.1, 0.15) is 0 Å². The van der Waals surface area contributed by atoms with Gasteiger partial charge in [-0.2, -0.15) is 5.10 Å². The number of hydrogen-bond acceptors (Lipinski definition) is 2. The van der Waals surface area contributed by atoms with Gasteiger partial charge in [-0.3, -0.25) is 9.48 Å². The molecule has 3 nitrogen and oxygen atoms in total. The maximum absolute atomic E-state index is 12.0. The molecule has 0 fully saturated rings. The molecular formula is C15H15BrN2O. The van der Waals surface area contributed by atoms with Crippen molar-refractivity contribution >= 4 is 27.8 Å². The highest BCUT2D eigenvalue weighted by atomic mass is 79.9. The van der Waals surface area contributed by atoms with Crippen LogP contribution in [0.15, 0.2) is 47.2 Å². The minimum Gasteiger partial charge on any atom is -0.289 e. The van der Waals surface area contributed by atoms with Crippen molar-refractivity contribution in [3.8, 4) is 0 Å². The van der Waals surface area contributed by atoms with Gasteiger partial charge in [-0.05, 0) is 37.6 Å². The smallest absolute Gasteiger partial charge is 0.189 e. The molecule has 1 heterocycles. The molecule has 2 aromatic rings. The summed E-state index contributed by atoms with van der Waals surface area (Å²) >= 11 is 3.40. The zero-order chi connectivity index (χ0) is 13.8. The molecule has 0 spiro atoms. The summed E-state index contributed by atoms with van der Waals surface area (Å²) in [4.78, 5) is 12.0. The fourth-order valence-corrected chi connectivity index (χ4v) is 2.04. The molecule has 0 radical (unpaired) electrons. The van der Waals surface area contributed by atoms with Gasteiger partial charge in [-0.1, -0.05) is 34.1 Å². The summed E-state index contributed by atoms with van der Waals surface area (Å²) in [5.41, 5.74) is 1.60. The number of nitrogens with zero attached hydrogens (tertiary/aromatic N) is 2. The van der Waals surface area contributed by atoms with Crippen molar-refractivity contribution in [2.75, 3.05) is 0 Å². The molecule has 0 aliphatic rings. The second-order valence-corrected chi connectivity index (χ2v) is 5.47. The molecule has 0 atom stereocenters. The molecule has 1 aromatic carbocycles. The number of carbonyl (C=O) groups is 1. The molecular weight excluding hydrogens is 304 g/mol. The molecule has 0 bridgehead atoms. The molecule has 0 amide bonds. The van der Waals surface area contributed by atoms with Crippen molar-refractivity contribution in [2.45, 2.75) is 19.9 Å². The van der Waals surface area contributed by atoms with Crippen LogP contribution in [0.1, 0.15) is 35.8 Å². The molecule has 0 aliphatic carbocycles. The van der Waals surface area contributed by atoms with Crippen LogP contribution >= 0.6 is 15.9 Å². The monoisotopic (exact) mass is 318 g/mol. The first-order valence-corrected chi connectivity index (χ1v) is 6.87. The highest BCUT2D eigenvalue weighted by molar-refractivity contribution is 9.10. The Balaban J connectivity index is 2.12. The lowest BCUT2D eigenvalue weighted by Gasteiger charge is -2.02. The first-order valence-electron chi connectivity index (χ1n) is 6.08. The van der Waals surface area contributed by atoms with Crippen LogP contribution in [0.2, 0.25) is 0 Å². The molecule has 0 saturated heterocycles. The zero-order valence-electron chi connectivity index (χ0n) is 10.9. The fourth-order valence-electron chi connectivity index (χ4n) is 1.63. The standard InChI is InChI=1S/C15H15BrN2O/c1-11(2)18-10-13(9-17-18)15(19)7-6-12-4-3-5-14(16)8-12/h3-11H,1-2H3. The van der Waals surface area contributed by atoms with Gasteiger partial charge in [0.2, 0.25) is 0 Å². The van der Waals surface area contributed by atoms with Gasteiger partial charge in [0, 0.05) is 16.7 Å². The van der Waals surface area contributed by atoms with E-state index >= 15 is 0 Å². The summed E-state index contributed by atoms with van der Waals surface area (Å²) in [7, 11) is 0. The van der Waals surface area contributed by atoms with E-state index in [0.717, 1.165) is 10.0 Å². The quantitative estimate of drug-likeness (QED) is 0.627. The van der Waals surface area contributed by atoms with Crippen molar-refractivity contribution in [2.24, 2.45) is 0 Å². The van der Waals surface area contributed by atoms with E-state index in [9.17, 15) is 4.79 Å². The van der Waals surface area contributed by atoms with Crippen molar-refractivity contribution in [3.63, 3.8) is 0 Å². The number of benzene rings is 1. The number of carbonyl (C=O) groups excluding carboxylic acids is 1. The highest BCUT2D eigenvalue weighted by Crippen LogP contribution is 2.13. The summed E-state index contributed by atoms with van der Waals surface area (Å²) in [6.45, 7) is 4.05. The lowest BCUT2D eigenvalue weighted by atomic mass is 10.1. The molecule has 0 saturated carbocycles. The fraction of sp³-hybridized carbons (Fsp3) is 0.200. The van der Waals surface area contributed by atoms with Crippen LogP contribution in [0, 0.1) is 0 Å². The van der Waals surface area contributed by atoms with E-state index < -0.39 is 0 Å². The Morgan fingerprint density at radius 1 is 1.42 bits per heavy atom. The summed E-state index contributed by atoms with van der Waals surface area (Å²) < 4.78 is 2.77. The Morgan fingerprint density at radius 3 is 2.84 bits per heavy atom. The SMILES string of the molecule is CC(C)n1cc(C(=O)C=Cc2cccc(Br)c2)cn1. The van der Waals surface area contributed by atoms with Crippen molar-refractivity contribution in [1.29, 1.82) is 0 Å². The summed E-state index contributed by atoms with van der Waals surface area (Å²) in [5, 5.41) is 4.16. The third-order valence-electron chi connectivity index (χ3n) is 2.69. The molecule has 0 aliphatic heterocycles. The Labute approximate surface area is 121 Å². The van der Waals surface area contributed by atoms with Gasteiger partial charge in [0.15, 0.2) is 5.78 Å². The minimum absolute atomic E-state index is 0.0353. The van der Waals surface area contributed by atoms with E-state index in [-0.39, 0.29) is 11.8 Å². The maximum atomic E-state index is 12.0. The van der Waals surface area contributed by atoms with Crippen LogP contribution in [-0.2, 0) is 0 Å². The first-order chi connectivity index (χ1) is 9.06. The predicted octanol–water partition coefficient (Wildman–Crippen LogP) is 4.12. The van der Waals surface area contributed by atoms with Crippen LogP contribution in [0.4, 0.5) is 0 Å². The average molecular weight is 319 g/mol. The minimum atomic E-state index is -0.0353. The van der Waals surface area contributed by atoms with Gasteiger partial charge in [0.25, 0.3) is 0 Å². The number of allylic oxidation sites excluding steroid dienone is 1. The Bertz CT molecular complexity index is 614. The van der Waals surface area contributed by atoms with E-state index in [1.54, 1.807) is 29.2 Å². The van der Waals surface area contributed by atoms with Crippen LogP contribution in [-0.4, -0.2) is 15.6 Å². The van der Waals surface area contributed by atoms with Crippen LogP contribution in [0.25, 0.3) is 6.08 Å². The lowest BCUT2D eigenvalue weighted by molar-refractivity contribution is 0.104. The second-order valence-electron chi connectivity index (χ2n) is 4.56. The Hall–Kier alpha value is -1.68. The van der Waals surface area contributed by atoms with Gasteiger partial charge in [-0.15, -0.1) is 0 Å². The van der Waals surface area contributed by atoms with Gasteiger partial charge < -0.3 is 0 Å². The number of hydrogen-bond donors (Lipinski definition) is 0. The first kappa shape index (κ1) is 13.7. The van der Waals surface area contributed by atoms with E-state index in [4.69, 9.17) is 0 Å².